The van der Waals surface area contributed by atoms with Gasteiger partial charge in [-0.25, -0.2) is 0 Å². The number of hydrogen-bond acceptors (Lipinski definition) is 2. The van der Waals surface area contributed by atoms with Crippen LogP contribution in [0.4, 0.5) is 0 Å². The summed E-state index contributed by atoms with van der Waals surface area (Å²) in [6.07, 6.45) is -0.171. The minimum absolute atomic E-state index is 0. The van der Waals surface area contributed by atoms with Gasteiger partial charge in [0.25, 0.3) is 0 Å². The maximum atomic E-state index is 12.1. The van der Waals surface area contributed by atoms with Crippen molar-refractivity contribution in [3.63, 3.8) is 0 Å². The van der Waals surface area contributed by atoms with Crippen molar-refractivity contribution in [2.75, 3.05) is 0 Å². The van der Waals surface area contributed by atoms with Crippen LogP contribution in [0.15, 0.2) is 12.1 Å². The first-order valence-electron chi connectivity index (χ1n) is 5.40. The van der Waals surface area contributed by atoms with Crippen LogP contribution in [0.1, 0.15) is 11.1 Å². The van der Waals surface area contributed by atoms with Crippen LogP contribution in [-0.4, -0.2) is 0 Å². The summed E-state index contributed by atoms with van der Waals surface area (Å²) in [5.41, 5.74) is 0.123. The second kappa shape index (κ2) is 8.68. The normalized spacial score (nSPS) is 10.5. The maximum absolute atomic E-state index is 12.1. The Labute approximate surface area is 199 Å². The zero-order chi connectivity index (χ0) is 15.9. The van der Waals surface area contributed by atoms with Crippen LogP contribution in [0.3, 0.4) is 0 Å². The van der Waals surface area contributed by atoms with Crippen molar-refractivity contribution < 1.29 is 61.6 Å². The summed E-state index contributed by atoms with van der Waals surface area (Å²) in [6, 6.07) is 2.48. The Kier molecular flexibility index (Phi) is 8.47. The molecule has 0 aliphatic rings. The third-order valence-corrected chi connectivity index (χ3v) is 5.01. The molecule has 2 aromatic rings. The summed E-state index contributed by atoms with van der Waals surface area (Å²) in [7, 11) is 0. The van der Waals surface area contributed by atoms with E-state index in [1.165, 1.54) is 12.1 Å². The summed E-state index contributed by atoms with van der Waals surface area (Å²) in [6.45, 7) is 0. The molecule has 0 radical (unpaired) electrons. The number of halogens is 6. The molecule has 0 spiro atoms. The second-order valence-corrected chi connectivity index (χ2v) is 6.49. The van der Waals surface area contributed by atoms with Crippen molar-refractivity contribution in [1.29, 1.82) is 0 Å². The number of hydrogen-bond donors (Lipinski definition) is 0. The molecule has 2 nitrogen and oxygen atoms in total. The molecule has 0 N–H and O–H groups in total. The van der Waals surface area contributed by atoms with E-state index in [1.54, 1.807) is 0 Å². The molecule has 0 saturated carbocycles. The van der Waals surface area contributed by atoms with Gasteiger partial charge in [0.05, 0.1) is 20.1 Å². The van der Waals surface area contributed by atoms with Crippen LogP contribution >= 0.6 is 69.6 Å². The van der Waals surface area contributed by atoms with E-state index in [1.807, 2.05) is 0 Å². The van der Waals surface area contributed by atoms with Gasteiger partial charge in [-0.15, -0.1) is 0 Å². The van der Waals surface area contributed by atoms with Crippen molar-refractivity contribution in [1.82, 2.24) is 0 Å². The van der Waals surface area contributed by atoms with Gasteiger partial charge < -0.3 is 10.2 Å². The third-order valence-electron chi connectivity index (χ3n) is 2.79. The molecular formula is C13H4Cl6KO2-. The molecule has 112 valence electrons. The van der Waals surface area contributed by atoms with E-state index in [9.17, 15) is 10.2 Å². The van der Waals surface area contributed by atoms with Gasteiger partial charge in [-0.3, -0.25) is 0 Å². The average Bonchev–Trinajstić information content (AvgIpc) is 2.42. The van der Waals surface area contributed by atoms with Crippen LogP contribution < -0.4 is 61.6 Å². The molecule has 22 heavy (non-hydrogen) atoms. The largest absolute Gasteiger partial charge is 1.00 e. The Morgan fingerprint density at radius 3 is 1.27 bits per heavy atom. The number of rotatable bonds is 2. The molecule has 0 amide bonds. The summed E-state index contributed by atoms with van der Waals surface area (Å²) < 4.78 is 0. The topological polar surface area (TPSA) is 46.1 Å². The van der Waals surface area contributed by atoms with Gasteiger partial charge in [-0.05, 0) is 29.7 Å². The Morgan fingerprint density at radius 2 is 0.955 bits per heavy atom. The van der Waals surface area contributed by atoms with Crippen molar-refractivity contribution in [2.45, 2.75) is 6.42 Å². The number of benzene rings is 2. The van der Waals surface area contributed by atoms with Gasteiger partial charge in [0, 0.05) is 10.0 Å². The molecule has 0 aliphatic carbocycles. The smallest absolute Gasteiger partial charge is 0.871 e. The maximum Gasteiger partial charge on any atom is 1.00 e. The fourth-order valence-electron chi connectivity index (χ4n) is 1.75. The van der Waals surface area contributed by atoms with E-state index in [4.69, 9.17) is 69.6 Å². The predicted octanol–water partition coefficient (Wildman–Crippen LogP) is 2.35. The molecule has 0 heterocycles. The summed E-state index contributed by atoms with van der Waals surface area (Å²) in [5, 5.41) is 24.1. The van der Waals surface area contributed by atoms with Crippen LogP contribution in [0.2, 0.25) is 30.1 Å². The zero-order valence-electron chi connectivity index (χ0n) is 10.9. The standard InChI is InChI=1S/C13H6Cl6O2.K/c14-6-2-8(16)12(20)4(10(6)18)1-5-11(19)7(15)3-9(17)13(5)21;/h2-3,20-21H,1H2;/q;+1/p-2. The third kappa shape index (κ3) is 4.33. The molecule has 0 unspecified atom stereocenters. The minimum atomic E-state index is -0.530. The quantitative estimate of drug-likeness (QED) is 0.528. The van der Waals surface area contributed by atoms with E-state index in [2.05, 4.69) is 0 Å². The van der Waals surface area contributed by atoms with Crippen molar-refractivity contribution in [3.05, 3.63) is 53.4 Å². The average molecular weight is 444 g/mol. The van der Waals surface area contributed by atoms with Crippen molar-refractivity contribution >= 4 is 69.6 Å². The fourth-order valence-corrected chi connectivity index (χ4v) is 3.17. The molecule has 0 atom stereocenters. The monoisotopic (exact) mass is 441 g/mol. The fraction of sp³-hybridized carbons (Fsp3) is 0.0769. The van der Waals surface area contributed by atoms with Gasteiger partial charge in [0.1, 0.15) is 0 Å². The molecule has 2 aromatic carbocycles. The Morgan fingerprint density at radius 1 is 0.636 bits per heavy atom. The van der Waals surface area contributed by atoms with Gasteiger partial charge in [0.15, 0.2) is 0 Å². The SMILES string of the molecule is [K+].[O-]c1c(Cl)cc(Cl)c(Cl)c1Cc1c([O-])c(Cl)cc(Cl)c1Cl. The Bertz CT molecular complexity index is 621. The molecule has 0 fully saturated rings. The first-order chi connectivity index (χ1) is 9.73. The van der Waals surface area contributed by atoms with Crippen LogP contribution in [-0.2, 0) is 6.42 Å². The van der Waals surface area contributed by atoms with Crippen LogP contribution in [0.25, 0.3) is 0 Å². The molecular weight excluding hydrogens is 440 g/mol. The molecule has 2 rings (SSSR count). The first kappa shape index (κ1) is 21.5. The van der Waals surface area contributed by atoms with Gasteiger partial charge >= 0.3 is 51.4 Å². The first-order valence-corrected chi connectivity index (χ1v) is 7.67. The molecule has 0 bridgehead atoms. The van der Waals surface area contributed by atoms with Crippen LogP contribution in [0.5, 0.6) is 11.5 Å². The van der Waals surface area contributed by atoms with Crippen molar-refractivity contribution in [3.8, 4) is 11.5 Å². The predicted molar refractivity (Wildman–Crippen MR) is 84.6 cm³/mol. The Hall–Kier alpha value is 1.42. The summed E-state index contributed by atoms with van der Waals surface area (Å²) in [5.74, 6) is -1.06. The molecule has 0 saturated heterocycles. The van der Waals surface area contributed by atoms with Crippen molar-refractivity contribution in [2.24, 2.45) is 0 Å². The van der Waals surface area contributed by atoms with E-state index in [0.29, 0.717) is 0 Å². The van der Waals surface area contributed by atoms with E-state index < -0.39 is 11.5 Å². The molecule has 0 aromatic heterocycles. The second-order valence-electron chi connectivity index (χ2n) is 4.10. The molecule has 0 aliphatic heterocycles. The van der Waals surface area contributed by atoms with E-state index >= 15 is 0 Å². The minimum Gasteiger partial charge on any atom is -0.871 e. The van der Waals surface area contributed by atoms with E-state index in [-0.39, 0.29) is 99.1 Å². The Balaban J connectivity index is 0.00000242. The summed E-state index contributed by atoms with van der Waals surface area (Å²) >= 11 is 35.3. The van der Waals surface area contributed by atoms with Crippen LogP contribution in [0, 0.1) is 0 Å². The van der Waals surface area contributed by atoms with Gasteiger partial charge in [-0.2, -0.15) is 0 Å². The zero-order valence-corrected chi connectivity index (χ0v) is 18.6. The van der Waals surface area contributed by atoms with Gasteiger partial charge in [-0.1, -0.05) is 81.1 Å². The van der Waals surface area contributed by atoms with E-state index in [0.717, 1.165) is 0 Å². The molecule has 9 heteroatoms. The summed E-state index contributed by atoms with van der Waals surface area (Å²) in [4.78, 5) is 0. The van der Waals surface area contributed by atoms with Gasteiger partial charge in [0.2, 0.25) is 0 Å².